The summed E-state index contributed by atoms with van der Waals surface area (Å²) in [6, 6.07) is 9.20. The van der Waals surface area contributed by atoms with E-state index < -0.39 is 18.1 Å². The maximum absolute atomic E-state index is 12.2. The van der Waals surface area contributed by atoms with E-state index in [-0.39, 0.29) is 10.8 Å². The highest BCUT2D eigenvalue weighted by molar-refractivity contribution is 7.16. The lowest BCUT2D eigenvalue weighted by Gasteiger charge is -2.04. The number of aromatic carboxylic acids is 1. The van der Waals surface area contributed by atoms with Crippen LogP contribution in [-0.4, -0.2) is 28.1 Å². The summed E-state index contributed by atoms with van der Waals surface area (Å²) in [7, 11) is 0. The van der Waals surface area contributed by atoms with Gasteiger partial charge in [-0.3, -0.25) is 10.1 Å². The van der Waals surface area contributed by atoms with Crippen LogP contribution in [-0.2, 0) is 17.6 Å². The number of carboxylic acid groups (broad SMARTS) is 1. The first-order valence-corrected chi connectivity index (χ1v) is 7.24. The summed E-state index contributed by atoms with van der Waals surface area (Å²) in [5, 5.41) is 10.3. The van der Waals surface area contributed by atoms with E-state index in [9.17, 15) is 22.8 Å². The molecule has 1 amide bonds. The number of carbonyl (C=O) groups excluding carboxylic acids is 1. The molecule has 0 saturated heterocycles. The molecule has 122 valence electrons. The minimum absolute atomic E-state index is 0.297. The number of hydrogen-bond acceptors (Lipinski definition) is 4. The fourth-order valence-electron chi connectivity index (χ4n) is 1.81. The van der Waals surface area contributed by atoms with Crippen molar-refractivity contribution in [3.8, 4) is 0 Å². The zero-order valence-corrected chi connectivity index (χ0v) is 12.4. The van der Waals surface area contributed by atoms with Crippen molar-refractivity contribution in [3.63, 3.8) is 0 Å². The van der Waals surface area contributed by atoms with Crippen LogP contribution in [0.5, 0.6) is 0 Å². The van der Waals surface area contributed by atoms with E-state index in [1.807, 2.05) is 30.3 Å². The molecule has 23 heavy (non-hydrogen) atoms. The van der Waals surface area contributed by atoms with E-state index in [0.717, 1.165) is 16.9 Å². The average Bonchev–Trinajstić information content (AvgIpc) is 2.88. The molecule has 9 heteroatoms. The molecule has 1 aromatic heterocycles. The molecule has 2 aromatic rings. The lowest BCUT2D eigenvalue weighted by atomic mass is 10.1. The Balaban J connectivity index is 2.15. The molecule has 0 atom stereocenters. The molecule has 0 aliphatic carbocycles. The van der Waals surface area contributed by atoms with E-state index in [1.54, 1.807) is 5.32 Å². The summed E-state index contributed by atoms with van der Waals surface area (Å²) in [6.07, 6.45) is -4.25. The minimum Gasteiger partial charge on any atom is -0.476 e. The van der Waals surface area contributed by atoms with Gasteiger partial charge in [0.2, 0.25) is 0 Å². The molecule has 0 unspecified atom stereocenters. The zero-order valence-electron chi connectivity index (χ0n) is 11.6. The Labute approximate surface area is 132 Å². The summed E-state index contributed by atoms with van der Waals surface area (Å²) < 4.78 is 36.7. The van der Waals surface area contributed by atoms with E-state index in [4.69, 9.17) is 5.11 Å². The van der Waals surface area contributed by atoms with Crippen molar-refractivity contribution in [1.29, 1.82) is 0 Å². The second-order valence-corrected chi connectivity index (χ2v) is 5.62. The Morgan fingerprint density at radius 3 is 2.39 bits per heavy atom. The summed E-state index contributed by atoms with van der Waals surface area (Å²) in [4.78, 5) is 25.9. The van der Waals surface area contributed by atoms with Crippen LogP contribution in [0.15, 0.2) is 30.3 Å². The third-order valence-corrected chi connectivity index (χ3v) is 3.89. The minimum atomic E-state index is -5.06. The maximum atomic E-state index is 12.2. The number of anilines is 1. The predicted octanol–water partition coefficient (Wildman–Crippen LogP) is 3.13. The first-order valence-electron chi connectivity index (χ1n) is 6.42. The number of benzene rings is 1. The third-order valence-electron chi connectivity index (χ3n) is 2.86. The molecule has 0 saturated carbocycles. The molecule has 1 heterocycles. The van der Waals surface area contributed by atoms with Crippen LogP contribution >= 0.6 is 11.3 Å². The van der Waals surface area contributed by atoms with Crippen LogP contribution in [0.25, 0.3) is 0 Å². The van der Waals surface area contributed by atoms with Crippen molar-refractivity contribution in [2.24, 2.45) is 0 Å². The standard InChI is InChI=1S/C14H11F3N2O3S/c15-14(16,17)12(22)19-13-18-10(11(20)21)9(23-13)7-6-8-4-2-1-3-5-8/h1-5H,6-7H2,(H,20,21)(H,18,19,22). The van der Waals surface area contributed by atoms with Gasteiger partial charge in [0.05, 0.1) is 0 Å². The van der Waals surface area contributed by atoms with E-state index >= 15 is 0 Å². The fourth-order valence-corrected chi connectivity index (χ4v) is 2.76. The number of thiazole rings is 1. The number of hydrogen-bond donors (Lipinski definition) is 2. The van der Waals surface area contributed by atoms with Gasteiger partial charge in [0.15, 0.2) is 10.8 Å². The van der Waals surface area contributed by atoms with Crippen molar-refractivity contribution in [2.45, 2.75) is 19.0 Å². The summed E-state index contributed by atoms with van der Waals surface area (Å²) in [5.41, 5.74) is 0.613. The van der Waals surface area contributed by atoms with Gasteiger partial charge in [0.25, 0.3) is 0 Å². The number of carboxylic acids is 1. The number of carbonyl (C=O) groups is 2. The summed E-state index contributed by atoms with van der Waals surface area (Å²) in [5.74, 6) is -3.53. The van der Waals surface area contributed by atoms with Gasteiger partial charge in [-0.1, -0.05) is 30.3 Å². The molecule has 0 fully saturated rings. The van der Waals surface area contributed by atoms with Gasteiger partial charge in [-0.2, -0.15) is 13.2 Å². The van der Waals surface area contributed by atoms with Crippen LogP contribution in [0.3, 0.4) is 0 Å². The topological polar surface area (TPSA) is 79.3 Å². The SMILES string of the molecule is O=C(O)c1nc(NC(=O)C(F)(F)F)sc1CCc1ccccc1. The number of aryl methyl sites for hydroxylation is 2. The number of alkyl halides is 3. The molecule has 0 radical (unpaired) electrons. The number of nitrogens with zero attached hydrogens (tertiary/aromatic N) is 1. The quantitative estimate of drug-likeness (QED) is 0.873. The number of nitrogens with one attached hydrogen (secondary N) is 1. The fraction of sp³-hybridized carbons (Fsp3) is 0.214. The van der Waals surface area contributed by atoms with E-state index in [0.29, 0.717) is 17.7 Å². The third kappa shape index (κ3) is 4.52. The van der Waals surface area contributed by atoms with E-state index in [2.05, 4.69) is 4.98 Å². The summed E-state index contributed by atoms with van der Waals surface area (Å²) in [6.45, 7) is 0. The normalized spacial score (nSPS) is 11.3. The predicted molar refractivity (Wildman–Crippen MR) is 77.6 cm³/mol. The van der Waals surface area contributed by atoms with Gasteiger partial charge in [-0.25, -0.2) is 9.78 Å². The van der Waals surface area contributed by atoms with Crippen molar-refractivity contribution in [3.05, 3.63) is 46.5 Å². The van der Waals surface area contributed by atoms with Gasteiger partial charge in [-0.15, -0.1) is 11.3 Å². The van der Waals surface area contributed by atoms with Crippen molar-refractivity contribution in [1.82, 2.24) is 4.98 Å². The molecule has 0 aliphatic heterocycles. The summed E-state index contributed by atoms with van der Waals surface area (Å²) >= 11 is 0.728. The largest absolute Gasteiger partial charge is 0.476 e. The first-order chi connectivity index (χ1) is 10.8. The first kappa shape index (κ1) is 16.9. The number of halogens is 3. The second kappa shape index (κ2) is 6.78. The molecule has 2 N–H and O–H groups in total. The highest BCUT2D eigenvalue weighted by Crippen LogP contribution is 2.26. The maximum Gasteiger partial charge on any atom is 0.471 e. The number of aromatic nitrogens is 1. The Morgan fingerprint density at radius 1 is 1.17 bits per heavy atom. The van der Waals surface area contributed by atoms with Crippen molar-refractivity contribution < 1.29 is 27.9 Å². The number of rotatable bonds is 5. The van der Waals surface area contributed by atoms with Crippen LogP contribution in [0.1, 0.15) is 20.9 Å². The van der Waals surface area contributed by atoms with Gasteiger partial charge >= 0.3 is 18.1 Å². The lowest BCUT2D eigenvalue weighted by Crippen LogP contribution is -2.29. The molecular weight excluding hydrogens is 333 g/mol. The van der Waals surface area contributed by atoms with Gasteiger partial charge < -0.3 is 5.11 Å². The Kier molecular flexibility index (Phi) is 4.99. The molecule has 2 rings (SSSR count). The molecule has 1 aromatic carbocycles. The van der Waals surface area contributed by atoms with Gasteiger partial charge in [0, 0.05) is 4.88 Å². The highest BCUT2D eigenvalue weighted by Gasteiger charge is 2.39. The number of amides is 1. The average molecular weight is 344 g/mol. The van der Waals surface area contributed by atoms with Crippen molar-refractivity contribution >= 4 is 28.3 Å². The molecular formula is C14H11F3N2O3S. The van der Waals surface area contributed by atoms with Crippen LogP contribution < -0.4 is 5.32 Å². The Hall–Kier alpha value is -2.42. The second-order valence-electron chi connectivity index (χ2n) is 4.53. The smallest absolute Gasteiger partial charge is 0.471 e. The van der Waals surface area contributed by atoms with E-state index in [1.165, 1.54) is 0 Å². The van der Waals surface area contributed by atoms with Crippen LogP contribution in [0.4, 0.5) is 18.3 Å². The monoisotopic (exact) mass is 344 g/mol. The molecule has 0 bridgehead atoms. The Bertz CT molecular complexity index is 714. The molecule has 0 spiro atoms. The van der Waals surface area contributed by atoms with Crippen LogP contribution in [0, 0.1) is 0 Å². The molecule has 5 nitrogen and oxygen atoms in total. The molecule has 0 aliphatic rings. The highest BCUT2D eigenvalue weighted by atomic mass is 32.1. The zero-order chi connectivity index (χ0) is 17.0. The Morgan fingerprint density at radius 2 is 1.83 bits per heavy atom. The van der Waals surface area contributed by atoms with Gasteiger partial charge in [-0.05, 0) is 18.4 Å². The van der Waals surface area contributed by atoms with Gasteiger partial charge in [0.1, 0.15) is 0 Å². The lowest BCUT2D eigenvalue weighted by molar-refractivity contribution is -0.167. The van der Waals surface area contributed by atoms with Crippen LogP contribution in [0.2, 0.25) is 0 Å². The van der Waals surface area contributed by atoms with Crippen molar-refractivity contribution in [2.75, 3.05) is 5.32 Å².